The Morgan fingerprint density at radius 1 is 1.24 bits per heavy atom. The first-order valence-corrected chi connectivity index (χ1v) is 10.7. The third-order valence-corrected chi connectivity index (χ3v) is 5.72. The molecule has 1 aromatic rings. The quantitative estimate of drug-likeness (QED) is 0.298. The number of aromatic nitrogens is 1. The zero-order valence-electron chi connectivity index (χ0n) is 17.3. The highest BCUT2D eigenvalue weighted by Gasteiger charge is 2.33. The van der Waals surface area contributed by atoms with Crippen molar-refractivity contribution in [3.63, 3.8) is 0 Å². The van der Waals surface area contributed by atoms with Crippen LogP contribution in [0.25, 0.3) is 0 Å². The number of halogens is 4. The third kappa shape index (κ3) is 8.93. The molecule has 0 radical (unpaired) electrons. The second-order valence-electron chi connectivity index (χ2n) is 6.84. The van der Waals surface area contributed by atoms with Crippen LogP contribution < -0.4 is 10.6 Å². The van der Waals surface area contributed by atoms with Crippen LogP contribution in [0.15, 0.2) is 10.4 Å². The molecule has 29 heavy (non-hydrogen) atoms. The Bertz CT molecular complexity index is 617. The summed E-state index contributed by atoms with van der Waals surface area (Å²) in [6.45, 7) is 13.6. The molecule has 0 amide bonds. The topological polar surface area (TPSA) is 55.8 Å². The summed E-state index contributed by atoms with van der Waals surface area (Å²) in [6, 6.07) is 0.350. The maximum absolute atomic E-state index is 12.6. The van der Waals surface area contributed by atoms with Gasteiger partial charge in [-0.2, -0.15) is 13.2 Å². The summed E-state index contributed by atoms with van der Waals surface area (Å²) in [5.74, 6) is 0.689. The molecular weight excluding hydrogens is 516 g/mol. The Morgan fingerprint density at radius 2 is 1.93 bits per heavy atom. The van der Waals surface area contributed by atoms with Crippen LogP contribution in [0.2, 0.25) is 0 Å². The van der Waals surface area contributed by atoms with E-state index in [0.717, 1.165) is 56.0 Å². The van der Waals surface area contributed by atoms with Gasteiger partial charge in [-0.05, 0) is 20.4 Å². The van der Waals surface area contributed by atoms with E-state index in [1.165, 1.54) is 0 Å². The SMILES string of the molecule is CCNC(=NCC(C)N1CCN(CC)CC1)NCCc1nc(C(F)(F)F)cs1.I. The van der Waals surface area contributed by atoms with Crippen LogP contribution in [0.3, 0.4) is 0 Å². The van der Waals surface area contributed by atoms with Gasteiger partial charge in [0.25, 0.3) is 0 Å². The van der Waals surface area contributed by atoms with Crippen LogP contribution in [0.5, 0.6) is 0 Å². The molecule has 11 heteroatoms. The summed E-state index contributed by atoms with van der Waals surface area (Å²) in [5.41, 5.74) is -0.815. The number of thiazole rings is 1. The lowest BCUT2D eigenvalue weighted by atomic mass is 10.2. The molecule has 1 saturated heterocycles. The fraction of sp³-hybridized carbons (Fsp3) is 0.778. The van der Waals surface area contributed by atoms with E-state index in [-0.39, 0.29) is 24.0 Å². The number of piperazine rings is 1. The number of nitrogens with one attached hydrogen (secondary N) is 2. The van der Waals surface area contributed by atoms with Gasteiger partial charge in [0.15, 0.2) is 11.7 Å². The van der Waals surface area contributed by atoms with Crippen molar-refractivity contribution in [2.75, 3.05) is 52.4 Å². The number of hydrogen-bond acceptors (Lipinski definition) is 5. The smallest absolute Gasteiger partial charge is 0.357 e. The highest BCUT2D eigenvalue weighted by Crippen LogP contribution is 2.29. The molecule has 2 rings (SSSR count). The van der Waals surface area contributed by atoms with Gasteiger partial charge < -0.3 is 15.5 Å². The fourth-order valence-electron chi connectivity index (χ4n) is 3.04. The van der Waals surface area contributed by atoms with Crippen LogP contribution in [0.1, 0.15) is 31.5 Å². The predicted octanol–water partition coefficient (Wildman–Crippen LogP) is 2.90. The zero-order chi connectivity index (χ0) is 20.6. The van der Waals surface area contributed by atoms with Gasteiger partial charge in [0, 0.05) is 57.1 Å². The second-order valence-corrected chi connectivity index (χ2v) is 7.78. The number of nitrogens with zero attached hydrogens (tertiary/aromatic N) is 4. The molecule has 1 unspecified atom stereocenters. The van der Waals surface area contributed by atoms with Crippen LogP contribution in [0, 0.1) is 0 Å². The molecular formula is C18H32F3IN6S. The lowest BCUT2D eigenvalue weighted by molar-refractivity contribution is -0.140. The van der Waals surface area contributed by atoms with Crippen molar-refractivity contribution in [1.29, 1.82) is 0 Å². The average Bonchev–Trinajstić information content (AvgIpc) is 3.15. The van der Waals surface area contributed by atoms with Crippen LogP contribution in [-0.4, -0.2) is 79.1 Å². The molecule has 1 aromatic heterocycles. The van der Waals surface area contributed by atoms with Gasteiger partial charge >= 0.3 is 6.18 Å². The normalized spacial score (nSPS) is 17.7. The zero-order valence-corrected chi connectivity index (χ0v) is 20.4. The van der Waals surface area contributed by atoms with E-state index in [1.54, 1.807) is 0 Å². The van der Waals surface area contributed by atoms with Crippen molar-refractivity contribution in [3.8, 4) is 0 Å². The molecule has 1 fully saturated rings. The summed E-state index contributed by atoms with van der Waals surface area (Å²) in [7, 11) is 0. The van der Waals surface area contributed by atoms with E-state index in [4.69, 9.17) is 0 Å². The Hall–Kier alpha value is -0.660. The number of likely N-dealkylation sites (N-methyl/N-ethyl adjacent to an activating group) is 1. The summed E-state index contributed by atoms with van der Waals surface area (Å²) in [6.07, 6.45) is -3.95. The first kappa shape index (κ1) is 26.4. The summed E-state index contributed by atoms with van der Waals surface area (Å²) >= 11 is 1.04. The van der Waals surface area contributed by atoms with Gasteiger partial charge in [-0.3, -0.25) is 9.89 Å². The molecule has 1 aliphatic heterocycles. The molecule has 1 atom stereocenters. The summed E-state index contributed by atoms with van der Waals surface area (Å²) in [4.78, 5) is 13.2. The Morgan fingerprint density at radius 3 is 2.48 bits per heavy atom. The first-order valence-electron chi connectivity index (χ1n) is 9.83. The van der Waals surface area contributed by atoms with Crippen molar-refractivity contribution in [2.45, 2.75) is 39.4 Å². The third-order valence-electron chi connectivity index (χ3n) is 4.81. The molecule has 0 saturated carbocycles. The number of alkyl halides is 3. The molecule has 0 aromatic carbocycles. The largest absolute Gasteiger partial charge is 0.434 e. The number of guanidine groups is 1. The van der Waals surface area contributed by atoms with Gasteiger partial charge in [0.05, 0.1) is 11.6 Å². The first-order chi connectivity index (χ1) is 13.3. The number of hydrogen-bond donors (Lipinski definition) is 2. The van der Waals surface area contributed by atoms with Gasteiger partial charge in [0.2, 0.25) is 0 Å². The minimum absolute atomic E-state index is 0. The van der Waals surface area contributed by atoms with Gasteiger partial charge in [0.1, 0.15) is 0 Å². The van der Waals surface area contributed by atoms with Crippen LogP contribution in [0.4, 0.5) is 13.2 Å². The van der Waals surface area contributed by atoms with E-state index >= 15 is 0 Å². The molecule has 2 heterocycles. The molecule has 1 aliphatic rings. The van der Waals surface area contributed by atoms with Gasteiger partial charge in [-0.15, -0.1) is 35.3 Å². The van der Waals surface area contributed by atoms with Gasteiger partial charge in [-0.1, -0.05) is 6.92 Å². The van der Waals surface area contributed by atoms with E-state index in [0.29, 0.717) is 36.5 Å². The molecule has 2 N–H and O–H groups in total. The molecule has 168 valence electrons. The Kier molecular flexibility index (Phi) is 11.7. The summed E-state index contributed by atoms with van der Waals surface area (Å²) in [5, 5.41) is 7.91. The van der Waals surface area contributed by atoms with Crippen molar-refractivity contribution in [1.82, 2.24) is 25.4 Å². The van der Waals surface area contributed by atoms with E-state index in [9.17, 15) is 13.2 Å². The number of aliphatic imine (C=N–C) groups is 1. The van der Waals surface area contributed by atoms with Crippen LogP contribution in [-0.2, 0) is 12.6 Å². The highest BCUT2D eigenvalue weighted by atomic mass is 127. The monoisotopic (exact) mass is 548 g/mol. The van der Waals surface area contributed by atoms with E-state index in [1.807, 2.05) is 6.92 Å². The molecule has 0 spiro atoms. The average molecular weight is 548 g/mol. The van der Waals surface area contributed by atoms with Crippen molar-refractivity contribution < 1.29 is 13.2 Å². The maximum Gasteiger partial charge on any atom is 0.434 e. The molecule has 0 aliphatic carbocycles. The maximum atomic E-state index is 12.6. The lowest BCUT2D eigenvalue weighted by Gasteiger charge is -2.37. The minimum atomic E-state index is -4.38. The van der Waals surface area contributed by atoms with Crippen molar-refractivity contribution in [3.05, 3.63) is 16.1 Å². The van der Waals surface area contributed by atoms with Gasteiger partial charge in [-0.25, -0.2) is 4.98 Å². The van der Waals surface area contributed by atoms with E-state index in [2.05, 4.69) is 44.3 Å². The minimum Gasteiger partial charge on any atom is -0.357 e. The van der Waals surface area contributed by atoms with Crippen LogP contribution >= 0.6 is 35.3 Å². The lowest BCUT2D eigenvalue weighted by Crippen LogP contribution is -2.50. The summed E-state index contributed by atoms with van der Waals surface area (Å²) < 4.78 is 37.8. The van der Waals surface area contributed by atoms with E-state index < -0.39 is 11.9 Å². The second kappa shape index (κ2) is 12.9. The fourth-order valence-corrected chi connectivity index (χ4v) is 3.85. The Balaban J connectivity index is 0.00000420. The molecule has 6 nitrogen and oxygen atoms in total. The predicted molar refractivity (Wildman–Crippen MR) is 123 cm³/mol. The number of rotatable bonds is 8. The standard InChI is InChI=1S/C18H31F3N6S.HI/c1-4-22-17(23-7-6-16-25-15(13-28-16)18(19,20)21)24-12-14(3)27-10-8-26(5-2)9-11-27;/h13-14H,4-12H2,1-3H3,(H2,22,23,24);1H. The van der Waals surface area contributed by atoms with Crippen molar-refractivity contribution in [2.24, 2.45) is 4.99 Å². The highest BCUT2D eigenvalue weighted by molar-refractivity contribution is 14.0. The molecule has 0 bridgehead atoms. The Labute approximate surface area is 192 Å². The van der Waals surface area contributed by atoms with Crippen molar-refractivity contribution >= 4 is 41.3 Å².